The zero-order valence-electron chi connectivity index (χ0n) is 8.45. The molecule has 2 N–H and O–H groups in total. The maximum atomic E-state index is 9.31. The molecule has 0 saturated carbocycles. The lowest BCUT2D eigenvalue weighted by molar-refractivity contribution is 0.372. The van der Waals surface area contributed by atoms with E-state index < -0.39 is 0 Å². The monoisotopic (exact) mass is 193 g/mol. The third kappa shape index (κ3) is 2.49. The van der Waals surface area contributed by atoms with E-state index >= 15 is 0 Å². The standard InChI is InChI=1S/C11H15NO2/c1-8(2)10-7-9(13)3-4-11(10)14-6-5-12/h3-5,7-8,12-13H,6H2,1-2H3. The molecule has 3 nitrogen and oxygen atoms in total. The Kier molecular flexibility index (Phi) is 3.51. The van der Waals surface area contributed by atoms with Gasteiger partial charge in [0.25, 0.3) is 0 Å². The predicted molar refractivity (Wildman–Crippen MR) is 56.5 cm³/mol. The minimum atomic E-state index is 0.246. The van der Waals surface area contributed by atoms with Crippen LogP contribution in [-0.4, -0.2) is 17.9 Å². The minimum Gasteiger partial charge on any atom is -0.508 e. The van der Waals surface area contributed by atoms with Crippen LogP contribution in [0.5, 0.6) is 11.5 Å². The SMILES string of the molecule is CC(C)c1cc(O)ccc1OCC=N. The third-order valence-corrected chi connectivity index (χ3v) is 1.94. The van der Waals surface area contributed by atoms with Gasteiger partial charge in [0.1, 0.15) is 18.1 Å². The van der Waals surface area contributed by atoms with Crippen LogP contribution in [-0.2, 0) is 0 Å². The van der Waals surface area contributed by atoms with Crippen molar-refractivity contribution < 1.29 is 9.84 Å². The van der Waals surface area contributed by atoms with Crippen LogP contribution in [0.15, 0.2) is 18.2 Å². The van der Waals surface area contributed by atoms with Gasteiger partial charge in [-0.15, -0.1) is 0 Å². The van der Waals surface area contributed by atoms with Gasteiger partial charge in [0.05, 0.1) is 0 Å². The lowest BCUT2D eigenvalue weighted by Crippen LogP contribution is -2.01. The Morgan fingerprint density at radius 1 is 1.50 bits per heavy atom. The van der Waals surface area contributed by atoms with E-state index in [-0.39, 0.29) is 12.4 Å². The summed E-state index contributed by atoms with van der Waals surface area (Å²) in [6, 6.07) is 5.02. The number of rotatable bonds is 4. The van der Waals surface area contributed by atoms with Gasteiger partial charge in [0, 0.05) is 11.8 Å². The summed E-state index contributed by atoms with van der Waals surface area (Å²) in [5.74, 6) is 1.28. The molecule has 14 heavy (non-hydrogen) atoms. The van der Waals surface area contributed by atoms with E-state index in [1.807, 2.05) is 13.8 Å². The Morgan fingerprint density at radius 3 is 2.79 bits per heavy atom. The van der Waals surface area contributed by atoms with Crippen LogP contribution in [0.2, 0.25) is 0 Å². The number of aromatic hydroxyl groups is 1. The highest BCUT2D eigenvalue weighted by atomic mass is 16.5. The third-order valence-electron chi connectivity index (χ3n) is 1.94. The average molecular weight is 193 g/mol. The van der Waals surface area contributed by atoms with Crippen molar-refractivity contribution in [3.8, 4) is 11.5 Å². The minimum absolute atomic E-state index is 0.246. The summed E-state index contributed by atoms with van der Waals surface area (Å²) in [5.41, 5.74) is 0.965. The van der Waals surface area contributed by atoms with Gasteiger partial charge in [-0.2, -0.15) is 0 Å². The normalized spacial score (nSPS) is 10.2. The number of phenolic OH excluding ortho intramolecular Hbond substituents is 1. The molecule has 0 atom stereocenters. The molecule has 0 amide bonds. The van der Waals surface area contributed by atoms with Crippen molar-refractivity contribution in [3.05, 3.63) is 23.8 Å². The van der Waals surface area contributed by atoms with Gasteiger partial charge in [-0.3, -0.25) is 0 Å². The molecule has 3 heteroatoms. The zero-order chi connectivity index (χ0) is 10.6. The fourth-order valence-electron chi connectivity index (χ4n) is 1.25. The van der Waals surface area contributed by atoms with Crippen LogP contribution in [0, 0.1) is 5.41 Å². The van der Waals surface area contributed by atoms with E-state index in [0.717, 1.165) is 11.3 Å². The number of hydrogen-bond acceptors (Lipinski definition) is 3. The molecule has 0 aliphatic heterocycles. The summed E-state index contributed by atoms with van der Waals surface area (Å²) in [5, 5.41) is 16.2. The molecule has 0 aromatic heterocycles. The fourth-order valence-corrected chi connectivity index (χ4v) is 1.25. The first-order valence-corrected chi connectivity index (χ1v) is 4.59. The Labute approximate surface area is 83.8 Å². The van der Waals surface area contributed by atoms with Gasteiger partial charge in [-0.1, -0.05) is 13.8 Å². The summed E-state index contributed by atoms with van der Waals surface area (Å²) >= 11 is 0. The lowest BCUT2D eigenvalue weighted by atomic mass is 10.0. The van der Waals surface area contributed by atoms with Crippen molar-refractivity contribution in [2.24, 2.45) is 0 Å². The van der Waals surface area contributed by atoms with E-state index in [0.29, 0.717) is 5.92 Å². The first-order chi connectivity index (χ1) is 6.65. The summed E-state index contributed by atoms with van der Waals surface area (Å²) < 4.78 is 5.35. The van der Waals surface area contributed by atoms with Crippen LogP contribution in [0.1, 0.15) is 25.3 Å². The number of hydrogen-bond donors (Lipinski definition) is 2. The Bertz CT molecular complexity index is 321. The highest BCUT2D eigenvalue weighted by molar-refractivity contribution is 5.55. The van der Waals surface area contributed by atoms with Gasteiger partial charge in [0.15, 0.2) is 0 Å². The largest absolute Gasteiger partial charge is 0.508 e. The number of benzene rings is 1. The second kappa shape index (κ2) is 4.65. The maximum absolute atomic E-state index is 9.31. The van der Waals surface area contributed by atoms with Crippen LogP contribution >= 0.6 is 0 Å². The molecule has 0 aliphatic rings. The van der Waals surface area contributed by atoms with E-state index in [4.69, 9.17) is 10.1 Å². The Hall–Kier alpha value is -1.51. The van der Waals surface area contributed by atoms with Crippen molar-refractivity contribution in [3.63, 3.8) is 0 Å². The van der Waals surface area contributed by atoms with Crippen molar-refractivity contribution in [1.82, 2.24) is 0 Å². The maximum Gasteiger partial charge on any atom is 0.123 e. The molecule has 0 saturated heterocycles. The topological polar surface area (TPSA) is 53.3 Å². The number of phenols is 1. The van der Waals surface area contributed by atoms with E-state index in [2.05, 4.69) is 0 Å². The van der Waals surface area contributed by atoms with Gasteiger partial charge in [-0.05, 0) is 24.1 Å². The zero-order valence-corrected chi connectivity index (χ0v) is 8.45. The van der Waals surface area contributed by atoms with E-state index in [1.54, 1.807) is 18.2 Å². The number of nitrogens with one attached hydrogen (secondary N) is 1. The van der Waals surface area contributed by atoms with Gasteiger partial charge in [0.2, 0.25) is 0 Å². The fraction of sp³-hybridized carbons (Fsp3) is 0.364. The second-order valence-corrected chi connectivity index (χ2v) is 3.39. The highest BCUT2D eigenvalue weighted by Crippen LogP contribution is 2.29. The van der Waals surface area contributed by atoms with Crippen LogP contribution in [0.3, 0.4) is 0 Å². The molecule has 0 fully saturated rings. The molecule has 0 aliphatic carbocycles. The van der Waals surface area contributed by atoms with E-state index in [9.17, 15) is 5.11 Å². The molecule has 1 aromatic rings. The van der Waals surface area contributed by atoms with Crippen molar-refractivity contribution in [2.75, 3.05) is 6.61 Å². The molecular weight excluding hydrogens is 178 g/mol. The molecular formula is C11H15NO2. The highest BCUT2D eigenvalue weighted by Gasteiger charge is 2.08. The molecule has 0 heterocycles. The van der Waals surface area contributed by atoms with Crippen LogP contribution in [0.4, 0.5) is 0 Å². The molecule has 0 radical (unpaired) electrons. The Morgan fingerprint density at radius 2 is 2.21 bits per heavy atom. The molecule has 0 spiro atoms. The molecule has 76 valence electrons. The average Bonchev–Trinajstić information content (AvgIpc) is 2.15. The molecule has 0 unspecified atom stereocenters. The molecule has 0 bridgehead atoms. The summed E-state index contributed by atoms with van der Waals surface area (Å²) in [7, 11) is 0. The van der Waals surface area contributed by atoms with Gasteiger partial charge >= 0.3 is 0 Å². The van der Waals surface area contributed by atoms with Crippen molar-refractivity contribution in [1.29, 1.82) is 5.41 Å². The summed E-state index contributed by atoms with van der Waals surface area (Å²) in [4.78, 5) is 0. The van der Waals surface area contributed by atoms with E-state index in [1.165, 1.54) is 6.21 Å². The lowest BCUT2D eigenvalue weighted by Gasteiger charge is -2.12. The summed E-state index contributed by atoms with van der Waals surface area (Å²) in [6.07, 6.45) is 1.21. The van der Waals surface area contributed by atoms with Gasteiger partial charge < -0.3 is 15.3 Å². The number of ether oxygens (including phenoxy) is 1. The van der Waals surface area contributed by atoms with Crippen LogP contribution < -0.4 is 4.74 Å². The molecule has 1 rings (SSSR count). The smallest absolute Gasteiger partial charge is 0.123 e. The van der Waals surface area contributed by atoms with Crippen molar-refractivity contribution in [2.45, 2.75) is 19.8 Å². The molecule has 1 aromatic carbocycles. The first kappa shape index (κ1) is 10.6. The van der Waals surface area contributed by atoms with Crippen molar-refractivity contribution >= 4 is 6.21 Å². The summed E-state index contributed by atoms with van der Waals surface area (Å²) in [6.45, 7) is 4.34. The first-order valence-electron chi connectivity index (χ1n) is 4.59. The van der Waals surface area contributed by atoms with Crippen LogP contribution in [0.25, 0.3) is 0 Å². The second-order valence-electron chi connectivity index (χ2n) is 3.39. The predicted octanol–water partition coefficient (Wildman–Crippen LogP) is 2.54. The quantitative estimate of drug-likeness (QED) is 0.722. The Balaban J connectivity index is 2.95. The van der Waals surface area contributed by atoms with Gasteiger partial charge in [-0.25, -0.2) is 0 Å².